The maximum atomic E-state index is 12.5. The van der Waals surface area contributed by atoms with Crippen LogP contribution in [0.5, 0.6) is 5.75 Å². The normalized spacial score (nSPS) is 11.8. The molecule has 1 aromatic carbocycles. The summed E-state index contributed by atoms with van der Waals surface area (Å²) in [6.45, 7) is 9.27. The Morgan fingerprint density at radius 2 is 1.96 bits per heavy atom. The van der Waals surface area contributed by atoms with Crippen molar-refractivity contribution in [2.75, 3.05) is 11.9 Å². The van der Waals surface area contributed by atoms with E-state index >= 15 is 0 Å². The number of hydrogen-bond acceptors (Lipinski definition) is 5. The fourth-order valence-electron chi connectivity index (χ4n) is 2.33. The lowest BCUT2D eigenvalue weighted by Gasteiger charge is -2.15. The first-order chi connectivity index (χ1) is 12.2. The topological polar surface area (TPSA) is 64.6 Å². The Bertz CT molecular complexity index is 831. The number of benzene rings is 1. The van der Waals surface area contributed by atoms with Gasteiger partial charge in [0, 0.05) is 9.90 Å². The summed E-state index contributed by atoms with van der Waals surface area (Å²) in [7, 11) is 0. The van der Waals surface area contributed by atoms with Crippen molar-refractivity contribution in [3.63, 3.8) is 0 Å². The van der Waals surface area contributed by atoms with Gasteiger partial charge in [-0.2, -0.15) is 0 Å². The number of carbonyl (C=O) groups excluding carboxylic acids is 2. The fourth-order valence-corrected chi connectivity index (χ4v) is 3.49. The smallest absolute Gasteiger partial charge is 0.341 e. The van der Waals surface area contributed by atoms with Gasteiger partial charge < -0.3 is 14.8 Å². The third-order valence-corrected chi connectivity index (χ3v) is 5.46. The van der Waals surface area contributed by atoms with E-state index in [0.29, 0.717) is 21.3 Å². The summed E-state index contributed by atoms with van der Waals surface area (Å²) < 4.78 is 10.8. The van der Waals surface area contributed by atoms with Gasteiger partial charge in [0.15, 0.2) is 6.10 Å². The molecule has 0 spiro atoms. The lowest BCUT2D eigenvalue weighted by atomic mass is 10.1. The number of ether oxygens (including phenoxy) is 2. The van der Waals surface area contributed by atoms with Crippen molar-refractivity contribution in [2.24, 2.45) is 0 Å². The van der Waals surface area contributed by atoms with Crippen LogP contribution in [0.3, 0.4) is 0 Å². The quantitative estimate of drug-likeness (QED) is 0.706. The molecule has 1 atom stereocenters. The van der Waals surface area contributed by atoms with Crippen LogP contribution in [0.2, 0.25) is 5.02 Å². The van der Waals surface area contributed by atoms with Crippen LogP contribution in [0.4, 0.5) is 5.00 Å². The summed E-state index contributed by atoms with van der Waals surface area (Å²) in [4.78, 5) is 25.7. The van der Waals surface area contributed by atoms with Gasteiger partial charge in [0.2, 0.25) is 0 Å². The van der Waals surface area contributed by atoms with Crippen LogP contribution < -0.4 is 10.1 Å². The highest BCUT2D eigenvalue weighted by Gasteiger charge is 2.24. The summed E-state index contributed by atoms with van der Waals surface area (Å²) in [5.74, 6) is -0.227. The summed E-state index contributed by atoms with van der Waals surface area (Å²) in [6, 6.07) is 5.21. The van der Waals surface area contributed by atoms with Gasteiger partial charge in [-0.15, -0.1) is 11.3 Å². The summed E-state index contributed by atoms with van der Waals surface area (Å²) >= 11 is 7.35. The van der Waals surface area contributed by atoms with Crippen molar-refractivity contribution >= 4 is 39.8 Å². The maximum Gasteiger partial charge on any atom is 0.341 e. The first-order valence-corrected chi connectivity index (χ1v) is 9.44. The van der Waals surface area contributed by atoms with Crippen LogP contribution in [-0.4, -0.2) is 24.6 Å². The third kappa shape index (κ3) is 4.56. The molecule has 0 saturated heterocycles. The van der Waals surface area contributed by atoms with E-state index in [1.807, 2.05) is 20.8 Å². The number of anilines is 1. The predicted octanol–water partition coefficient (Wildman–Crippen LogP) is 4.91. The largest absolute Gasteiger partial charge is 0.481 e. The van der Waals surface area contributed by atoms with E-state index in [4.69, 9.17) is 21.1 Å². The lowest BCUT2D eigenvalue weighted by molar-refractivity contribution is -0.122. The Morgan fingerprint density at radius 3 is 2.58 bits per heavy atom. The minimum absolute atomic E-state index is 0.274. The van der Waals surface area contributed by atoms with Crippen LogP contribution in [0.15, 0.2) is 18.2 Å². The van der Waals surface area contributed by atoms with Gasteiger partial charge in [0.05, 0.1) is 12.2 Å². The number of hydrogen-bond donors (Lipinski definition) is 1. The standard InChI is InChI=1S/C19H22ClNO4S/c1-6-24-19(23)16-11(3)13(5)26-18(16)21-17(22)12(4)25-14-7-8-15(20)10(2)9-14/h7-9,12H,6H2,1-5H3,(H,21,22). The molecule has 2 rings (SSSR count). The van der Waals surface area contributed by atoms with Gasteiger partial charge in [0.1, 0.15) is 10.8 Å². The molecule has 1 N–H and O–H groups in total. The summed E-state index contributed by atoms with van der Waals surface area (Å²) in [5.41, 5.74) is 2.08. The van der Waals surface area contributed by atoms with Gasteiger partial charge in [0.25, 0.3) is 5.91 Å². The van der Waals surface area contributed by atoms with Crippen molar-refractivity contribution < 1.29 is 19.1 Å². The monoisotopic (exact) mass is 395 g/mol. The van der Waals surface area contributed by atoms with Crippen LogP contribution in [0.25, 0.3) is 0 Å². The molecule has 0 aliphatic carbocycles. The molecule has 7 heteroatoms. The molecule has 1 unspecified atom stereocenters. The number of carbonyl (C=O) groups is 2. The van der Waals surface area contributed by atoms with E-state index < -0.39 is 12.1 Å². The Balaban J connectivity index is 2.15. The van der Waals surface area contributed by atoms with E-state index in [-0.39, 0.29) is 12.5 Å². The van der Waals surface area contributed by atoms with Crippen molar-refractivity contribution in [3.8, 4) is 5.75 Å². The highest BCUT2D eigenvalue weighted by Crippen LogP contribution is 2.33. The zero-order valence-electron chi connectivity index (χ0n) is 15.4. The SMILES string of the molecule is CCOC(=O)c1c(NC(=O)C(C)Oc2ccc(Cl)c(C)c2)sc(C)c1C. The number of halogens is 1. The van der Waals surface area contributed by atoms with E-state index in [9.17, 15) is 9.59 Å². The molecular weight excluding hydrogens is 374 g/mol. The molecule has 140 valence electrons. The number of aryl methyl sites for hydroxylation is 2. The second kappa shape index (κ2) is 8.56. The second-order valence-corrected chi connectivity index (χ2v) is 7.50. The van der Waals surface area contributed by atoms with Crippen molar-refractivity contribution in [3.05, 3.63) is 44.8 Å². The van der Waals surface area contributed by atoms with E-state index in [0.717, 1.165) is 16.0 Å². The summed E-state index contributed by atoms with van der Waals surface area (Å²) in [6.07, 6.45) is -0.742. The average Bonchev–Trinajstić information content (AvgIpc) is 2.85. The number of amides is 1. The number of nitrogens with one attached hydrogen (secondary N) is 1. The third-order valence-electron chi connectivity index (χ3n) is 3.91. The van der Waals surface area contributed by atoms with E-state index in [2.05, 4.69) is 5.32 Å². The second-order valence-electron chi connectivity index (χ2n) is 5.87. The molecule has 0 bridgehead atoms. The molecule has 1 amide bonds. The molecular formula is C19H22ClNO4S. The van der Waals surface area contributed by atoms with E-state index in [1.54, 1.807) is 32.0 Å². The average molecular weight is 396 g/mol. The molecule has 0 aliphatic heterocycles. The first-order valence-electron chi connectivity index (χ1n) is 8.25. The fraction of sp³-hybridized carbons (Fsp3) is 0.368. The maximum absolute atomic E-state index is 12.5. The van der Waals surface area contributed by atoms with E-state index in [1.165, 1.54) is 11.3 Å². The minimum atomic E-state index is -0.742. The van der Waals surface area contributed by atoms with Crippen LogP contribution in [0, 0.1) is 20.8 Å². The highest BCUT2D eigenvalue weighted by molar-refractivity contribution is 7.16. The Kier molecular flexibility index (Phi) is 6.67. The molecule has 2 aromatic rings. The number of rotatable bonds is 6. The Hall–Kier alpha value is -2.05. The van der Waals surface area contributed by atoms with Gasteiger partial charge in [-0.3, -0.25) is 4.79 Å². The van der Waals surface area contributed by atoms with Crippen molar-refractivity contribution in [2.45, 2.75) is 40.7 Å². The molecule has 0 aliphatic rings. The molecule has 0 radical (unpaired) electrons. The number of esters is 1. The molecule has 5 nitrogen and oxygen atoms in total. The molecule has 0 saturated carbocycles. The van der Waals surface area contributed by atoms with Crippen LogP contribution in [-0.2, 0) is 9.53 Å². The van der Waals surface area contributed by atoms with Gasteiger partial charge >= 0.3 is 5.97 Å². The zero-order chi connectivity index (χ0) is 19.4. The lowest BCUT2D eigenvalue weighted by Crippen LogP contribution is -2.30. The zero-order valence-corrected chi connectivity index (χ0v) is 17.0. The predicted molar refractivity (Wildman–Crippen MR) is 105 cm³/mol. The van der Waals surface area contributed by atoms with Gasteiger partial charge in [-0.1, -0.05) is 11.6 Å². The Labute approximate surface area is 162 Å². The highest BCUT2D eigenvalue weighted by atomic mass is 35.5. The Morgan fingerprint density at radius 1 is 1.27 bits per heavy atom. The molecule has 26 heavy (non-hydrogen) atoms. The van der Waals surface area contributed by atoms with Crippen molar-refractivity contribution in [1.29, 1.82) is 0 Å². The molecule has 0 fully saturated rings. The van der Waals surface area contributed by atoms with Crippen molar-refractivity contribution in [1.82, 2.24) is 0 Å². The molecule has 1 heterocycles. The first kappa shape index (κ1) is 20.3. The van der Waals surface area contributed by atoms with Gasteiger partial charge in [-0.25, -0.2) is 4.79 Å². The summed E-state index contributed by atoms with van der Waals surface area (Å²) in [5, 5.41) is 3.90. The minimum Gasteiger partial charge on any atom is -0.481 e. The molecule has 1 aromatic heterocycles. The van der Waals surface area contributed by atoms with Crippen LogP contribution in [0.1, 0.15) is 40.2 Å². The number of thiophene rings is 1. The van der Waals surface area contributed by atoms with Gasteiger partial charge in [-0.05, 0) is 63.9 Å². The van der Waals surface area contributed by atoms with Crippen LogP contribution >= 0.6 is 22.9 Å².